The Morgan fingerprint density at radius 2 is 1.61 bits per heavy atom. The predicted octanol–water partition coefficient (Wildman–Crippen LogP) is 4.05. The lowest BCUT2D eigenvalue weighted by atomic mass is 10.1. The minimum atomic E-state index is 0.556. The highest BCUT2D eigenvalue weighted by Crippen LogP contribution is 2.27. The van der Waals surface area contributed by atoms with Crippen molar-refractivity contribution in [2.45, 2.75) is 27.2 Å². The van der Waals surface area contributed by atoms with Crippen LogP contribution < -0.4 is 19.9 Å². The molecule has 124 valence electrons. The van der Waals surface area contributed by atoms with Crippen LogP contribution in [0.1, 0.15) is 23.1 Å². The van der Waals surface area contributed by atoms with E-state index in [0.717, 1.165) is 23.5 Å². The lowest BCUT2D eigenvalue weighted by molar-refractivity contribution is 0.246. The van der Waals surface area contributed by atoms with Crippen LogP contribution in [0, 0.1) is 20.8 Å². The molecule has 0 aliphatic heterocycles. The summed E-state index contributed by atoms with van der Waals surface area (Å²) in [5.41, 5.74) is 10.1. The third kappa shape index (κ3) is 4.31. The van der Waals surface area contributed by atoms with Crippen LogP contribution in [0.4, 0.5) is 5.69 Å². The van der Waals surface area contributed by atoms with E-state index in [1.165, 1.54) is 11.1 Å². The number of benzene rings is 2. The molecular formula is C19H25NO3. The predicted molar refractivity (Wildman–Crippen MR) is 93.7 cm³/mol. The van der Waals surface area contributed by atoms with Gasteiger partial charge in [-0.05, 0) is 49.6 Å². The van der Waals surface area contributed by atoms with Gasteiger partial charge in [0.2, 0.25) is 0 Å². The van der Waals surface area contributed by atoms with Gasteiger partial charge >= 0.3 is 0 Å². The first-order chi connectivity index (χ1) is 11.0. The number of ether oxygens (including phenoxy) is 3. The molecule has 2 aromatic carbocycles. The van der Waals surface area contributed by atoms with E-state index >= 15 is 0 Å². The van der Waals surface area contributed by atoms with Crippen LogP contribution in [-0.2, 0) is 0 Å². The maximum atomic E-state index is 5.92. The van der Waals surface area contributed by atoms with Crippen LogP contribution in [-0.4, -0.2) is 20.3 Å². The quantitative estimate of drug-likeness (QED) is 0.618. The van der Waals surface area contributed by atoms with Crippen molar-refractivity contribution < 1.29 is 14.2 Å². The van der Waals surface area contributed by atoms with Crippen molar-refractivity contribution in [2.75, 3.05) is 26.1 Å². The number of hydrogen-bond acceptors (Lipinski definition) is 4. The van der Waals surface area contributed by atoms with E-state index in [9.17, 15) is 0 Å². The van der Waals surface area contributed by atoms with E-state index in [-0.39, 0.29) is 0 Å². The fraction of sp³-hybridized carbons (Fsp3) is 0.368. The Kier molecular flexibility index (Phi) is 5.74. The first kappa shape index (κ1) is 17.0. The molecule has 4 nitrogen and oxygen atoms in total. The fourth-order valence-corrected chi connectivity index (χ4v) is 2.35. The molecule has 0 heterocycles. The maximum absolute atomic E-state index is 5.92. The summed E-state index contributed by atoms with van der Waals surface area (Å²) in [6.45, 7) is 7.42. The number of hydrogen-bond donors (Lipinski definition) is 1. The minimum absolute atomic E-state index is 0.556. The van der Waals surface area contributed by atoms with Gasteiger partial charge in [-0.3, -0.25) is 0 Å². The number of aryl methyl sites for hydroxylation is 2. The van der Waals surface area contributed by atoms with Crippen molar-refractivity contribution in [1.82, 2.24) is 0 Å². The molecule has 0 fully saturated rings. The van der Waals surface area contributed by atoms with Crippen LogP contribution in [0.25, 0.3) is 0 Å². The molecule has 4 heteroatoms. The van der Waals surface area contributed by atoms with E-state index in [1.54, 1.807) is 13.2 Å². The van der Waals surface area contributed by atoms with Crippen LogP contribution in [0.5, 0.6) is 17.2 Å². The summed E-state index contributed by atoms with van der Waals surface area (Å²) in [5, 5.41) is 0. The molecule has 23 heavy (non-hydrogen) atoms. The monoisotopic (exact) mass is 315 g/mol. The van der Waals surface area contributed by atoms with Crippen molar-refractivity contribution in [3.05, 3.63) is 47.0 Å². The van der Waals surface area contributed by atoms with Gasteiger partial charge in [0, 0.05) is 12.5 Å². The first-order valence-electron chi connectivity index (χ1n) is 7.79. The lowest BCUT2D eigenvalue weighted by Gasteiger charge is -2.14. The second-order valence-corrected chi connectivity index (χ2v) is 5.61. The highest BCUT2D eigenvalue weighted by Gasteiger charge is 2.06. The molecule has 0 amide bonds. The molecule has 0 saturated carbocycles. The summed E-state index contributed by atoms with van der Waals surface area (Å²) in [4.78, 5) is 0. The van der Waals surface area contributed by atoms with Gasteiger partial charge in [0.05, 0.1) is 26.0 Å². The highest BCUT2D eigenvalue weighted by atomic mass is 16.5. The highest BCUT2D eigenvalue weighted by molar-refractivity contribution is 5.56. The molecule has 0 unspecified atom stereocenters. The van der Waals surface area contributed by atoms with Crippen molar-refractivity contribution in [2.24, 2.45) is 0 Å². The normalized spacial score (nSPS) is 10.4. The zero-order chi connectivity index (χ0) is 16.8. The van der Waals surface area contributed by atoms with Gasteiger partial charge in [-0.15, -0.1) is 0 Å². The van der Waals surface area contributed by atoms with Crippen LogP contribution in [0.2, 0.25) is 0 Å². The van der Waals surface area contributed by atoms with Gasteiger partial charge in [-0.2, -0.15) is 0 Å². The zero-order valence-electron chi connectivity index (χ0n) is 14.3. The number of anilines is 1. The number of nitrogens with two attached hydrogens (primary N) is 1. The maximum Gasteiger partial charge on any atom is 0.142 e. The van der Waals surface area contributed by atoms with E-state index in [4.69, 9.17) is 19.9 Å². The molecule has 2 N–H and O–H groups in total. The first-order valence-corrected chi connectivity index (χ1v) is 7.79. The van der Waals surface area contributed by atoms with Crippen LogP contribution in [0.3, 0.4) is 0 Å². The summed E-state index contributed by atoms with van der Waals surface area (Å²) in [5.74, 6) is 2.38. The standard InChI is InChI=1S/C19H25NO3/c1-13-6-7-14(2)19(15(13)3)23-11-5-10-22-18-9-8-16(21-4)12-17(18)20/h6-9,12H,5,10-11,20H2,1-4H3. The molecule has 0 bridgehead atoms. The fourth-order valence-electron chi connectivity index (χ4n) is 2.35. The second-order valence-electron chi connectivity index (χ2n) is 5.61. The molecule has 0 radical (unpaired) electrons. The molecule has 0 aromatic heterocycles. The molecular weight excluding hydrogens is 290 g/mol. The Morgan fingerprint density at radius 3 is 2.30 bits per heavy atom. The van der Waals surface area contributed by atoms with Gasteiger partial charge in [0.25, 0.3) is 0 Å². The van der Waals surface area contributed by atoms with E-state index in [0.29, 0.717) is 24.7 Å². The Labute approximate surface area is 138 Å². The largest absolute Gasteiger partial charge is 0.497 e. The third-order valence-corrected chi connectivity index (χ3v) is 3.88. The second kappa shape index (κ2) is 7.77. The van der Waals surface area contributed by atoms with Gasteiger partial charge in [0.1, 0.15) is 17.2 Å². The number of methoxy groups -OCH3 is 1. The molecule has 0 aliphatic rings. The molecule has 0 saturated heterocycles. The van der Waals surface area contributed by atoms with Crippen molar-refractivity contribution >= 4 is 5.69 Å². The average molecular weight is 315 g/mol. The van der Waals surface area contributed by atoms with Gasteiger partial charge in [-0.1, -0.05) is 12.1 Å². The molecule has 2 aromatic rings. The molecule has 0 aliphatic carbocycles. The Morgan fingerprint density at radius 1 is 0.913 bits per heavy atom. The van der Waals surface area contributed by atoms with Crippen LogP contribution in [0.15, 0.2) is 30.3 Å². The van der Waals surface area contributed by atoms with Gasteiger partial charge in [-0.25, -0.2) is 0 Å². The number of nitrogen functional groups attached to an aromatic ring is 1. The SMILES string of the molecule is COc1ccc(OCCCOc2c(C)ccc(C)c2C)c(N)c1. The average Bonchev–Trinajstić information content (AvgIpc) is 2.54. The van der Waals surface area contributed by atoms with Crippen molar-refractivity contribution in [3.63, 3.8) is 0 Å². The Bertz CT molecular complexity index is 668. The van der Waals surface area contributed by atoms with Crippen LogP contribution >= 0.6 is 0 Å². The summed E-state index contributed by atoms with van der Waals surface area (Å²) in [7, 11) is 1.61. The van der Waals surface area contributed by atoms with Crippen molar-refractivity contribution in [3.8, 4) is 17.2 Å². The van der Waals surface area contributed by atoms with Gasteiger partial charge in [0.15, 0.2) is 0 Å². The Hall–Kier alpha value is -2.36. The molecule has 0 atom stereocenters. The van der Waals surface area contributed by atoms with E-state index < -0.39 is 0 Å². The van der Waals surface area contributed by atoms with Crippen molar-refractivity contribution in [1.29, 1.82) is 0 Å². The van der Waals surface area contributed by atoms with Gasteiger partial charge < -0.3 is 19.9 Å². The summed E-state index contributed by atoms with van der Waals surface area (Å²) in [6, 6.07) is 9.62. The summed E-state index contributed by atoms with van der Waals surface area (Å²) < 4.78 is 16.7. The van der Waals surface area contributed by atoms with E-state index in [2.05, 4.69) is 32.9 Å². The minimum Gasteiger partial charge on any atom is -0.497 e. The van der Waals surface area contributed by atoms with E-state index in [1.807, 2.05) is 12.1 Å². The molecule has 0 spiro atoms. The molecule has 2 rings (SSSR count). The smallest absolute Gasteiger partial charge is 0.142 e. The summed E-state index contributed by atoms with van der Waals surface area (Å²) in [6.07, 6.45) is 0.790. The number of rotatable bonds is 7. The lowest BCUT2D eigenvalue weighted by Crippen LogP contribution is -2.07. The zero-order valence-corrected chi connectivity index (χ0v) is 14.3. The summed E-state index contributed by atoms with van der Waals surface area (Å²) >= 11 is 0. The topological polar surface area (TPSA) is 53.7 Å². The third-order valence-electron chi connectivity index (χ3n) is 3.88. The Balaban J connectivity index is 1.82.